The van der Waals surface area contributed by atoms with Crippen LogP contribution in [0.5, 0.6) is 0 Å². The van der Waals surface area contributed by atoms with Gasteiger partial charge in [0.1, 0.15) is 5.76 Å². The fourth-order valence-corrected chi connectivity index (χ4v) is 3.38. The third-order valence-electron chi connectivity index (χ3n) is 5.04. The van der Waals surface area contributed by atoms with Gasteiger partial charge in [0.2, 0.25) is 0 Å². The van der Waals surface area contributed by atoms with E-state index in [9.17, 15) is 14.4 Å². The van der Waals surface area contributed by atoms with Crippen molar-refractivity contribution in [3.63, 3.8) is 0 Å². The number of nitrogens with zero attached hydrogens (tertiary/aromatic N) is 1. The van der Waals surface area contributed by atoms with E-state index in [0.29, 0.717) is 34.3 Å². The molecule has 0 atom stereocenters. The number of carbonyl (C=O) groups is 2. The average Bonchev–Trinajstić information content (AvgIpc) is 3.32. The number of aromatic nitrogens is 1. The van der Waals surface area contributed by atoms with E-state index in [0.717, 1.165) is 5.56 Å². The molecule has 7 nitrogen and oxygen atoms in total. The van der Waals surface area contributed by atoms with Crippen LogP contribution < -0.4 is 16.2 Å². The zero-order chi connectivity index (χ0) is 21.8. The molecular formula is C24H21N3O4. The van der Waals surface area contributed by atoms with Crippen LogP contribution in [0, 0.1) is 0 Å². The molecule has 2 amide bonds. The number of benzene rings is 2. The van der Waals surface area contributed by atoms with Crippen LogP contribution in [0.1, 0.15) is 32.0 Å². The number of fused-ring (bicyclic) bond motifs is 1. The van der Waals surface area contributed by atoms with Gasteiger partial charge in [0.25, 0.3) is 17.4 Å². The van der Waals surface area contributed by atoms with Gasteiger partial charge in [0.05, 0.1) is 23.9 Å². The van der Waals surface area contributed by atoms with E-state index in [1.165, 1.54) is 10.6 Å². The Bertz CT molecular complexity index is 1310. The van der Waals surface area contributed by atoms with Crippen LogP contribution in [-0.2, 0) is 20.1 Å². The molecule has 0 unspecified atom stereocenters. The van der Waals surface area contributed by atoms with Gasteiger partial charge in [-0.3, -0.25) is 14.4 Å². The molecule has 7 heteroatoms. The monoisotopic (exact) mass is 415 g/mol. The number of nitrogens with one attached hydrogen (secondary N) is 2. The number of pyridine rings is 1. The van der Waals surface area contributed by atoms with Crippen LogP contribution in [0.4, 0.5) is 0 Å². The Morgan fingerprint density at radius 1 is 0.903 bits per heavy atom. The standard InChI is InChI=1S/C24H21N3O4/c1-27-21-10-3-2-9-19(21)20(13-22(27)28)24(30)25-14-16-6-4-7-17(12-16)23(29)26-15-18-8-5-11-31-18/h2-13H,14-15H2,1H3,(H,25,30)(H,26,29). The smallest absolute Gasteiger partial charge is 0.252 e. The molecule has 2 N–H and O–H groups in total. The fourth-order valence-electron chi connectivity index (χ4n) is 3.38. The predicted molar refractivity (Wildman–Crippen MR) is 117 cm³/mol. The molecule has 156 valence electrons. The molecule has 0 radical (unpaired) electrons. The van der Waals surface area contributed by atoms with Gasteiger partial charge >= 0.3 is 0 Å². The number of amides is 2. The van der Waals surface area contributed by atoms with Crippen LogP contribution in [0.25, 0.3) is 10.9 Å². The van der Waals surface area contributed by atoms with Crippen LogP contribution >= 0.6 is 0 Å². The highest BCUT2D eigenvalue weighted by atomic mass is 16.3. The van der Waals surface area contributed by atoms with Crippen molar-refractivity contribution in [2.75, 3.05) is 0 Å². The summed E-state index contributed by atoms with van der Waals surface area (Å²) >= 11 is 0. The highest BCUT2D eigenvalue weighted by Gasteiger charge is 2.14. The number of aryl methyl sites for hydroxylation is 1. The SMILES string of the molecule is Cn1c(=O)cc(C(=O)NCc2cccc(C(=O)NCc3ccco3)c2)c2ccccc21. The highest BCUT2D eigenvalue weighted by Crippen LogP contribution is 2.16. The highest BCUT2D eigenvalue weighted by molar-refractivity contribution is 6.06. The Labute approximate surface area is 178 Å². The molecule has 31 heavy (non-hydrogen) atoms. The zero-order valence-electron chi connectivity index (χ0n) is 16.9. The van der Waals surface area contributed by atoms with Crippen molar-refractivity contribution in [1.82, 2.24) is 15.2 Å². The summed E-state index contributed by atoms with van der Waals surface area (Å²) in [4.78, 5) is 37.4. The molecule has 0 saturated heterocycles. The van der Waals surface area contributed by atoms with Crippen molar-refractivity contribution in [3.05, 3.63) is 106 Å². The molecule has 0 bridgehead atoms. The quantitative estimate of drug-likeness (QED) is 0.506. The molecule has 0 spiro atoms. The Morgan fingerprint density at radius 3 is 2.52 bits per heavy atom. The van der Waals surface area contributed by atoms with E-state index in [4.69, 9.17) is 4.42 Å². The fraction of sp³-hybridized carbons (Fsp3) is 0.125. The number of rotatable bonds is 6. The lowest BCUT2D eigenvalue weighted by atomic mass is 10.1. The van der Waals surface area contributed by atoms with Crippen molar-refractivity contribution in [1.29, 1.82) is 0 Å². The number of hydrogen-bond donors (Lipinski definition) is 2. The second kappa shape index (κ2) is 8.71. The third-order valence-corrected chi connectivity index (χ3v) is 5.04. The topological polar surface area (TPSA) is 93.3 Å². The van der Waals surface area contributed by atoms with E-state index >= 15 is 0 Å². The molecule has 0 aliphatic heterocycles. The van der Waals surface area contributed by atoms with E-state index in [1.807, 2.05) is 24.3 Å². The first-order chi connectivity index (χ1) is 15.0. The lowest BCUT2D eigenvalue weighted by Crippen LogP contribution is -2.27. The lowest BCUT2D eigenvalue weighted by Gasteiger charge is -2.11. The predicted octanol–water partition coefficient (Wildman–Crippen LogP) is 2.99. The molecule has 2 heterocycles. The van der Waals surface area contributed by atoms with Crippen molar-refractivity contribution in [2.24, 2.45) is 7.05 Å². The second-order valence-corrected chi connectivity index (χ2v) is 7.12. The second-order valence-electron chi connectivity index (χ2n) is 7.12. The molecule has 4 rings (SSSR count). The number of furan rings is 1. The Hall–Kier alpha value is -4.13. The minimum absolute atomic E-state index is 0.224. The van der Waals surface area contributed by atoms with Crippen LogP contribution in [-0.4, -0.2) is 16.4 Å². The molecule has 2 aromatic carbocycles. The normalized spacial score (nSPS) is 10.7. The summed E-state index contributed by atoms with van der Waals surface area (Å²) in [7, 11) is 1.68. The summed E-state index contributed by atoms with van der Waals surface area (Å²) in [6.07, 6.45) is 1.55. The first-order valence-electron chi connectivity index (χ1n) is 9.79. The summed E-state index contributed by atoms with van der Waals surface area (Å²) in [5, 5.41) is 6.34. The van der Waals surface area contributed by atoms with Gasteiger partial charge in [0.15, 0.2) is 0 Å². The van der Waals surface area contributed by atoms with Crippen LogP contribution in [0.3, 0.4) is 0 Å². The first-order valence-corrected chi connectivity index (χ1v) is 9.79. The van der Waals surface area contributed by atoms with Crippen LogP contribution in [0.15, 0.2) is 82.2 Å². The van der Waals surface area contributed by atoms with Gasteiger partial charge in [-0.1, -0.05) is 30.3 Å². The summed E-state index contributed by atoms with van der Waals surface area (Å²) in [6.45, 7) is 0.518. The molecule has 0 aliphatic rings. The number of para-hydroxylation sites is 1. The van der Waals surface area contributed by atoms with Gasteiger partial charge in [-0.2, -0.15) is 0 Å². The van der Waals surface area contributed by atoms with Crippen molar-refractivity contribution in [2.45, 2.75) is 13.1 Å². The van der Waals surface area contributed by atoms with E-state index in [2.05, 4.69) is 10.6 Å². The third kappa shape index (κ3) is 4.40. The molecule has 0 fully saturated rings. The van der Waals surface area contributed by atoms with E-state index in [1.54, 1.807) is 49.7 Å². The lowest BCUT2D eigenvalue weighted by molar-refractivity contribution is 0.0944. The maximum absolute atomic E-state index is 12.8. The van der Waals surface area contributed by atoms with Gasteiger partial charge in [0, 0.05) is 30.6 Å². The van der Waals surface area contributed by atoms with Gasteiger partial charge in [-0.25, -0.2) is 0 Å². The van der Waals surface area contributed by atoms with Gasteiger partial charge in [-0.05, 0) is 35.9 Å². The molecule has 0 saturated carbocycles. The summed E-state index contributed by atoms with van der Waals surface area (Å²) in [5.41, 5.74) is 2.02. The Balaban J connectivity index is 1.46. The van der Waals surface area contributed by atoms with Gasteiger partial charge < -0.3 is 19.6 Å². The molecule has 4 aromatic rings. The van der Waals surface area contributed by atoms with Gasteiger partial charge in [-0.15, -0.1) is 0 Å². The molecular weight excluding hydrogens is 394 g/mol. The van der Waals surface area contributed by atoms with Crippen molar-refractivity contribution >= 4 is 22.7 Å². The minimum atomic E-state index is -0.346. The molecule has 0 aliphatic carbocycles. The number of carbonyl (C=O) groups excluding carboxylic acids is 2. The largest absolute Gasteiger partial charge is 0.467 e. The molecule has 2 aromatic heterocycles. The van der Waals surface area contributed by atoms with E-state index in [-0.39, 0.29) is 23.9 Å². The summed E-state index contributed by atoms with van der Waals surface area (Å²) in [6, 6.07) is 19.2. The first kappa shape index (κ1) is 20.2. The zero-order valence-corrected chi connectivity index (χ0v) is 16.9. The maximum atomic E-state index is 12.8. The van der Waals surface area contributed by atoms with Crippen molar-refractivity contribution < 1.29 is 14.0 Å². The van der Waals surface area contributed by atoms with Crippen molar-refractivity contribution in [3.8, 4) is 0 Å². The maximum Gasteiger partial charge on any atom is 0.252 e. The number of hydrogen-bond acceptors (Lipinski definition) is 4. The van der Waals surface area contributed by atoms with Crippen LogP contribution in [0.2, 0.25) is 0 Å². The summed E-state index contributed by atoms with van der Waals surface area (Å²) in [5.74, 6) is 0.0849. The van der Waals surface area contributed by atoms with E-state index < -0.39 is 0 Å². The minimum Gasteiger partial charge on any atom is -0.467 e. The Kier molecular flexibility index (Phi) is 5.66. The Morgan fingerprint density at radius 2 is 1.71 bits per heavy atom. The summed E-state index contributed by atoms with van der Waals surface area (Å²) < 4.78 is 6.72. The average molecular weight is 415 g/mol.